The van der Waals surface area contributed by atoms with Crippen LogP contribution < -0.4 is 5.32 Å². The summed E-state index contributed by atoms with van der Waals surface area (Å²) in [6, 6.07) is 6.77. The van der Waals surface area contributed by atoms with Crippen LogP contribution in [0.1, 0.15) is 35.7 Å². The Labute approximate surface area is 123 Å². The third-order valence-electron chi connectivity index (χ3n) is 3.60. The number of amides is 1. The third kappa shape index (κ3) is 3.54. The Balaban J connectivity index is 1.81. The van der Waals surface area contributed by atoms with Crippen molar-refractivity contribution in [1.82, 2.24) is 5.32 Å². The van der Waals surface area contributed by atoms with Gasteiger partial charge in [-0.1, -0.05) is 12.1 Å². The molecule has 2 rings (SSSR count). The molecule has 0 saturated carbocycles. The Kier molecular flexibility index (Phi) is 4.70. The lowest BCUT2D eigenvalue weighted by atomic mass is 10.0. The Morgan fingerprint density at radius 1 is 1.35 bits per heavy atom. The molecular formula is C15H19NO3S. The summed E-state index contributed by atoms with van der Waals surface area (Å²) >= 11 is 1.73. The summed E-state index contributed by atoms with van der Waals surface area (Å²) in [6.07, 6.45) is 2.76. The topological polar surface area (TPSA) is 66.4 Å². The Bertz CT molecular complexity index is 492. The zero-order valence-corrected chi connectivity index (χ0v) is 12.3. The molecule has 0 aliphatic carbocycles. The minimum atomic E-state index is -0.920. The predicted molar refractivity (Wildman–Crippen MR) is 80.2 cm³/mol. The first-order chi connectivity index (χ1) is 9.51. The largest absolute Gasteiger partial charge is 0.478 e. The summed E-state index contributed by atoms with van der Waals surface area (Å²) in [5, 5.41) is 11.8. The number of benzene rings is 1. The molecular weight excluding hydrogens is 274 g/mol. The van der Waals surface area contributed by atoms with Gasteiger partial charge in [-0.2, -0.15) is 0 Å². The van der Waals surface area contributed by atoms with E-state index in [1.807, 2.05) is 6.92 Å². The zero-order valence-electron chi connectivity index (χ0n) is 11.5. The molecule has 1 amide bonds. The quantitative estimate of drug-likeness (QED) is 0.874. The molecule has 20 heavy (non-hydrogen) atoms. The zero-order chi connectivity index (χ0) is 14.6. The Hall–Kier alpha value is -1.49. The number of hydrogen-bond acceptors (Lipinski definition) is 3. The van der Waals surface area contributed by atoms with Gasteiger partial charge in [-0.25, -0.2) is 4.79 Å². The first kappa shape index (κ1) is 14.9. The maximum atomic E-state index is 12.1. The highest BCUT2D eigenvalue weighted by Gasteiger charge is 2.36. The van der Waals surface area contributed by atoms with Crippen molar-refractivity contribution in [3.63, 3.8) is 0 Å². The molecule has 1 aliphatic rings. The number of thioether (sulfide) groups is 1. The summed E-state index contributed by atoms with van der Waals surface area (Å²) in [5.41, 5.74) is 1.31. The van der Waals surface area contributed by atoms with E-state index >= 15 is 0 Å². The van der Waals surface area contributed by atoms with Crippen LogP contribution in [0.3, 0.4) is 0 Å². The van der Waals surface area contributed by atoms with Crippen LogP contribution in [0.15, 0.2) is 24.3 Å². The molecule has 2 N–H and O–H groups in total. The van der Waals surface area contributed by atoms with Gasteiger partial charge < -0.3 is 10.4 Å². The van der Waals surface area contributed by atoms with Crippen LogP contribution in [0.25, 0.3) is 0 Å². The lowest BCUT2D eigenvalue weighted by Gasteiger charge is -2.21. The molecule has 0 radical (unpaired) electrons. The van der Waals surface area contributed by atoms with E-state index in [2.05, 4.69) is 5.32 Å². The van der Waals surface area contributed by atoms with E-state index in [1.165, 1.54) is 0 Å². The molecule has 1 aromatic rings. The first-order valence-corrected chi connectivity index (χ1v) is 7.74. The fraction of sp³-hybridized carbons (Fsp3) is 0.467. The van der Waals surface area contributed by atoms with E-state index < -0.39 is 5.97 Å². The molecule has 0 spiro atoms. The second-order valence-corrected chi connectivity index (χ2v) is 6.79. The van der Waals surface area contributed by atoms with Gasteiger partial charge in [-0.15, -0.1) is 11.8 Å². The molecule has 1 heterocycles. The van der Waals surface area contributed by atoms with Gasteiger partial charge in [0.05, 0.1) is 10.3 Å². The van der Waals surface area contributed by atoms with Crippen molar-refractivity contribution in [3.05, 3.63) is 35.4 Å². The van der Waals surface area contributed by atoms with Crippen LogP contribution in [-0.4, -0.2) is 34.0 Å². The Morgan fingerprint density at radius 3 is 2.60 bits per heavy atom. The van der Waals surface area contributed by atoms with Crippen molar-refractivity contribution in [2.75, 3.05) is 12.3 Å². The van der Waals surface area contributed by atoms with E-state index in [0.29, 0.717) is 13.0 Å². The summed E-state index contributed by atoms with van der Waals surface area (Å²) in [5.74, 6) is 0.249. The number of carboxylic acid groups (broad SMARTS) is 1. The van der Waals surface area contributed by atoms with E-state index in [-0.39, 0.29) is 16.2 Å². The molecule has 1 aromatic carbocycles. The summed E-state index contributed by atoms with van der Waals surface area (Å²) in [4.78, 5) is 22.8. The molecule has 5 heteroatoms. The monoisotopic (exact) mass is 293 g/mol. The van der Waals surface area contributed by atoms with Crippen molar-refractivity contribution >= 4 is 23.6 Å². The molecule has 1 aliphatic heterocycles. The molecule has 1 saturated heterocycles. The van der Waals surface area contributed by atoms with E-state index in [1.54, 1.807) is 36.0 Å². The van der Waals surface area contributed by atoms with Crippen LogP contribution in [0.4, 0.5) is 0 Å². The van der Waals surface area contributed by atoms with Gasteiger partial charge in [0.15, 0.2) is 0 Å². The van der Waals surface area contributed by atoms with Gasteiger partial charge in [-0.05, 0) is 49.6 Å². The van der Waals surface area contributed by atoms with Crippen molar-refractivity contribution in [1.29, 1.82) is 0 Å². The lowest BCUT2D eigenvalue weighted by molar-refractivity contribution is -0.123. The summed E-state index contributed by atoms with van der Waals surface area (Å²) in [7, 11) is 0. The van der Waals surface area contributed by atoms with Crippen LogP contribution in [0.2, 0.25) is 0 Å². The van der Waals surface area contributed by atoms with E-state index in [9.17, 15) is 9.59 Å². The van der Waals surface area contributed by atoms with Gasteiger partial charge in [0.25, 0.3) is 0 Å². The van der Waals surface area contributed by atoms with Gasteiger partial charge in [0, 0.05) is 6.54 Å². The van der Waals surface area contributed by atoms with E-state index in [0.717, 1.165) is 24.2 Å². The lowest BCUT2D eigenvalue weighted by Crippen LogP contribution is -2.41. The van der Waals surface area contributed by atoms with Crippen LogP contribution >= 0.6 is 11.8 Å². The first-order valence-electron chi connectivity index (χ1n) is 6.76. The third-order valence-corrected chi connectivity index (χ3v) is 5.12. The second kappa shape index (κ2) is 6.31. The summed E-state index contributed by atoms with van der Waals surface area (Å²) in [6.45, 7) is 2.59. The normalized spacial score (nSPS) is 21.6. The number of carboxylic acids is 1. The average molecular weight is 293 g/mol. The summed E-state index contributed by atoms with van der Waals surface area (Å²) < 4.78 is -0.271. The molecule has 4 nitrogen and oxygen atoms in total. The van der Waals surface area contributed by atoms with Crippen molar-refractivity contribution in [2.24, 2.45) is 0 Å². The van der Waals surface area contributed by atoms with Gasteiger partial charge >= 0.3 is 5.97 Å². The fourth-order valence-electron chi connectivity index (χ4n) is 2.28. The minimum absolute atomic E-state index is 0.113. The predicted octanol–water partition coefficient (Wildman–Crippen LogP) is 2.33. The molecule has 0 aromatic heterocycles. The number of aromatic carboxylic acids is 1. The van der Waals surface area contributed by atoms with Crippen LogP contribution in [-0.2, 0) is 11.2 Å². The highest BCUT2D eigenvalue weighted by atomic mass is 32.2. The fourth-order valence-corrected chi connectivity index (χ4v) is 3.51. The second-order valence-electron chi connectivity index (χ2n) is 5.19. The van der Waals surface area contributed by atoms with Crippen molar-refractivity contribution in [2.45, 2.75) is 30.9 Å². The van der Waals surface area contributed by atoms with Gasteiger partial charge in [0.1, 0.15) is 0 Å². The molecule has 0 bridgehead atoms. The molecule has 1 atom stereocenters. The Morgan fingerprint density at radius 2 is 2.05 bits per heavy atom. The van der Waals surface area contributed by atoms with E-state index in [4.69, 9.17) is 5.11 Å². The number of carbonyl (C=O) groups is 2. The van der Waals surface area contributed by atoms with Gasteiger partial charge in [0.2, 0.25) is 5.91 Å². The highest BCUT2D eigenvalue weighted by molar-refractivity contribution is 8.01. The highest BCUT2D eigenvalue weighted by Crippen LogP contribution is 2.37. The molecule has 108 valence electrons. The SMILES string of the molecule is CC1(C(=O)NCCc2ccc(C(=O)O)cc2)CCCS1. The van der Waals surface area contributed by atoms with Crippen LogP contribution in [0, 0.1) is 0 Å². The molecule has 1 unspecified atom stereocenters. The standard InChI is InChI=1S/C15H19NO3S/c1-15(8-2-10-20-15)14(19)16-9-7-11-3-5-12(6-4-11)13(17)18/h3-6H,2,7-10H2,1H3,(H,16,19)(H,17,18). The minimum Gasteiger partial charge on any atom is -0.478 e. The number of hydrogen-bond donors (Lipinski definition) is 2. The van der Waals surface area contributed by atoms with Crippen molar-refractivity contribution < 1.29 is 14.7 Å². The maximum Gasteiger partial charge on any atom is 0.335 e. The number of rotatable bonds is 5. The number of nitrogens with one attached hydrogen (secondary N) is 1. The smallest absolute Gasteiger partial charge is 0.335 e. The van der Waals surface area contributed by atoms with Crippen molar-refractivity contribution in [3.8, 4) is 0 Å². The van der Waals surface area contributed by atoms with Crippen LogP contribution in [0.5, 0.6) is 0 Å². The van der Waals surface area contributed by atoms with Gasteiger partial charge in [-0.3, -0.25) is 4.79 Å². The number of carbonyl (C=O) groups excluding carboxylic acids is 1. The molecule has 1 fully saturated rings. The maximum absolute atomic E-state index is 12.1. The average Bonchev–Trinajstić information content (AvgIpc) is 2.87.